The van der Waals surface area contributed by atoms with E-state index in [1.54, 1.807) is 0 Å². The van der Waals surface area contributed by atoms with Crippen LogP contribution < -0.4 is 0 Å². The lowest BCUT2D eigenvalue weighted by Gasteiger charge is -2.18. The van der Waals surface area contributed by atoms with E-state index < -0.39 is 0 Å². The molecule has 0 aromatic heterocycles. The van der Waals surface area contributed by atoms with Gasteiger partial charge in [-0.3, -0.25) is 0 Å². The molecule has 0 heterocycles. The van der Waals surface area contributed by atoms with Crippen LogP contribution in [0.3, 0.4) is 0 Å². The molecule has 4 aromatic carbocycles. The summed E-state index contributed by atoms with van der Waals surface area (Å²) in [7, 11) is 0. The van der Waals surface area contributed by atoms with Crippen LogP contribution in [0.15, 0.2) is 60.7 Å². The van der Waals surface area contributed by atoms with E-state index in [-0.39, 0.29) is 0 Å². The topological polar surface area (TPSA) is 40.5 Å². The fraction of sp³-hybridized carbons (Fsp3) is 0.273. The molecule has 0 aliphatic heterocycles. The fourth-order valence-electron chi connectivity index (χ4n) is 5.44. The lowest BCUT2D eigenvalue weighted by atomic mass is 9.88. The van der Waals surface area contributed by atoms with Crippen LogP contribution in [0, 0.1) is 27.7 Å². The average Bonchev–Trinajstić information content (AvgIpc) is 2.82. The number of phenolic OH excluding ortho intramolecular Hbond substituents is 2. The van der Waals surface area contributed by atoms with E-state index >= 15 is 0 Å². The molecule has 4 rings (SSSR count). The first kappa shape index (κ1) is 24.6. The van der Waals surface area contributed by atoms with Crippen molar-refractivity contribution < 1.29 is 10.2 Å². The minimum atomic E-state index is 0.295. The number of rotatable bonds is 6. The van der Waals surface area contributed by atoms with Crippen LogP contribution in [-0.2, 0) is 19.3 Å². The zero-order chi connectivity index (χ0) is 25.3. The van der Waals surface area contributed by atoms with Crippen LogP contribution in [-0.4, -0.2) is 10.2 Å². The summed E-state index contributed by atoms with van der Waals surface area (Å²) in [5.74, 6) is 0.589. The monoisotopic (exact) mass is 464 g/mol. The maximum absolute atomic E-state index is 11.4. The van der Waals surface area contributed by atoms with Gasteiger partial charge in [0, 0.05) is 17.5 Å². The molecule has 0 radical (unpaired) electrons. The van der Waals surface area contributed by atoms with E-state index in [0.29, 0.717) is 17.9 Å². The van der Waals surface area contributed by atoms with Gasteiger partial charge >= 0.3 is 0 Å². The molecule has 0 aliphatic rings. The lowest BCUT2D eigenvalue weighted by Crippen LogP contribution is -1.98. The third kappa shape index (κ3) is 4.71. The highest BCUT2D eigenvalue weighted by Gasteiger charge is 2.18. The summed E-state index contributed by atoms with van der Waals surface area (Å²) in [5, 5.41) is 22.8. The molecule has 2 N–H and O–H groups in total. The first-order valence-electron chi connectivity index (χ1n) is 12.6. The molecule has 0 atom stereocenters. The van der Waals surface area contributed by atoms with Gasteiger partial charge in [-0.2, -0.15) is 0 Å². The van der Waals surface area contributed by atoms with Gasteiger partial charge in [0.2, 0.25) is 0 Å². The second-order valence-electron chi connectivity index (χ2n) is 9.73. The van der Waals surface area contributed by atoms with Gasteiger partial charge in [0.25, 0.3) is 0 Å². The predicted molar refractivity (Wildman–Crippen MR) is 148 cm³/mol. The molecule has 4 aromatic rings. The third-order valence-corrected chi connectivity index (χ3v) is 7.16. The fourth-order valence-corrected chi connectivity index (χ4v) is 5.44. The van der Waals surface area contributed by atoms with Crippen LogP contribution in [0.5, 0.6) is 11.5 Å². The number of aromatic hydroxyl groups is 2. The number of phenols is 2. The van der Waals surface area contributed by atoms with E-state index in [0.717, 1.165) is 57.3 Å². The number of aryl methyl sites for hydroxylation is 4. The van der Waals surface area contributed by atoms with Crippen molar-refractivity contribution in [1.29, 1.82) is 0 Å². The molecule has 0 saturated carbocycles. The molecule has 0 bridgehead atoms. The standard InChI is InChI=1S/C33H36O2/c1-7-26-22(5)11-9-13-28(26)30-17-20(3)15-24(32(30)34)19-25-16-21(4)18-31(33(25)35)29-14-10-12-23(6)27(29)8-2/h9-18,34-35H,7-8,19H2,1-6H3. The van der Waals surface area contributed by atoms with Crippen LogP contribution in [0.1, 0.15) is 58.4 Å². The summed E-state index contributed by atoms with van der Waals surface area (Å²) in [6, 6.07) is 20.7. The largest absolute Gasteiger partial charge is 0.507 e. The van der Waals surface area contributed by atoms with Crippen LogP contribution in [0.2, 0.25) is 0 Å². The SMILES string of the molecule is CCc1c(C)cccc1-c1cc(C)cc(Cc2cc(C)cc(-c3cccc(C)c3CC)c2O)c1O. The lowest BCUT2D eigenvalue weighted by molar-refractivity contribution is 0.464. The van der Waals surface area contributed by atoms with E-state index in [2.05, 4.69) is 90.1 Å². The maximum Gasteiger partial charge on any atom is 0.126 e. The van der Waals surface area contributed by atoms with Crippen LogP contribution in [0.4, 0.5) is 0 Å². The van der Waals surface area contributed by atoms with Gasteiger partial charge in [-0.25, -0.2) is 0 Å². The zero-order valence-corrected chi connectivity index (χ0v) is 21.8. The summed E-state index contributed by atoms with van der Waals surface area (Å²) in [6.07, 6.45) is 2.27. The van der Waals surface area contributed by atoms with Gasteiger partial charge in [-0.15, -0.1) is 0 Å². The van der Waals surface area contributed by atoms with Crippen molar-refractivity contribution >= 4 is 0 Å². The summed E-state index contributed by atoms with van der Waals surface area (Å²) in [6.45, 7) is 12.7. The van der Waals surface area contributed by atoms with Gasteiger partial charge in [-0.05, 0) is 108 Å². The van der Waals surface area contributed by atoms with Crippen molar-refractivity contribution in [2.24, 2.45) is 0 Å². The molecule has 35 heavy (non-hydrogen) atoms. The molecule has 0 aliphatic carbocycles. The molecular formula is C33H36O2. The first-order valence-corrected chi connectivity index (χ1v) is 12.6. The number of hydrogen-bond acceptors (Lipinski definition) is 2. The molecule has 2 nitrogen and oxygen atoms in total. The Kier molecular flexibility index (Phi) is 7.03. The highest BCUT2D eigenvalue weighted by atomic mass is 16.3. The van der Waals surface area contributed by atoms with E-state index in [1.807, 2.05) is 12.1 Å². The van der Waals surface area contributed by atoms with E-state index in [9.17, 15) is 10.2 Å². The Bertz CT molecular complexity index is 1290. The molecule has 180 valence electrons. The zero-order valence-electron chi connectivity index (χ0n) is 21.8. The summed E-state index contributed by atoms with van der Waals surface area (Å²) in [5.41, 5.74) is 12.7. The molecule has 2 heteroatoms. The maximum atomic E-state index is 11.4. The first-order chi connectivity index (χ1) is 16.7. The Balaban J connectivity index is 1.85. The van der Waals surface area contributed by atoms with Crippen molar-refractivity contribution in [3.8, 4) is 33.8 Å². The second-order valence-corrected chi connectivity index (χ2v) is 9.73. The molecule has 0 saturated heterocycles. The van der Waals surface area contributed by atoms with Crippen molar-refractivity contribution in [1.82, 2.24) is 0 Å². The number of hydrogen-bond donors (Lipinski definition) is 2. The Morgan fingerprint density at radius 2 is 0.943 bits per heavy atom. The quantitative estimate of drug-likeness (QED) is 0.301. The summed E-state index contributed by atoms with van der Waals surface area (Å²) < 4.78 is 0. The minimum Gasteiger partial charge on any atom is -0.507 e. The van der Waals surface area contributed by atoms with E-state index in [1.165, 1.54) is 22.3 Å². The Morgan fingerprint density at radius 1 is 0.543 bits per heavy atom. The normalized spacial score (nSPS) is 11.1. The third-order valence-electron chi connectivity index (χ3n) is 7.16. The number of benzene rings is 4. The summed E-state index contributed by atoms with van der Waals surface area (Å²) in [4.78, 5) is 0. The second kappa shape index (κ2) is 10.00. The van der Waals surface area contributed by atoms with Crippen LogP contribution in [0.25, 0.3) is 22.3 Å². The molecule has 0 fully saturated rings. The minimum absolute atomic E-state index is 0.295. The van der Waals surface area contributed by atoms with Gasteiger partial charge in [0.05, 0.1) is 0 Å². The average molecular weight is 465 g/mol. The van der Waals surface area contributed by atoms with Crippen molar-refractivity contribution in [2.75, 3.05) is 0 Å². The molecule has 0 unspecified atom stereocenters. The molecule has 0 amide bonds. The van der Waals surface area contributed by atoms with Crippen molar-refractivity contribution in [3.05, 3.63) is 105 Å². The van der Waals surface area contributed by atoms with Gasteiger partial charge in [0.1, 0.15) is 11.5 Å². The highest BCUT2D eigenvalue weighted by molar-refractivity contribution is 5.78. The Morgan fingerprint density at radius 3 is 1.31 bits per heavy atom. The Hall–Kier alpha value is -3.52. The smallest absolute Gasteiger partial charge is 0.126 e. The van der Waals surface area contributed by atoms with Gasteiger partial charge in [-0.1, -0.05) is 62.4 Å². The Labute approximate surface area is 209 Å². The van der Waals surface area contributed by atoms with Crippen molar-refractivity contribution in [2.45, 2.75) is 60.8 Å². The molecular weight excluding hydrogens is 428 g/mol. The molecule has 0 spiro atoms. The predicted octanol–water partition coefficient (Wildman–Crippen LogP) is 8.38. The van der Waals surface area contributed by atoms with Crippen LogP contribution >= 0.6 is 0 Å². The van der Waals surface area contributed by atoms with Crippen molar-refractivity contribution in [3.63, 3.8) is 0 Å². The van der Waals surface area contributed by atoms with E-state index in [4.69, 9.17) is 0 Å². The van der Waals surface area contributed by atoms with Gasteiger partial charge < -0.3 is 10.2 Å². The highest BCUT2D eigenvalue weighted by Crippen LogP contribution is 2.41. The summed E-state index contributed by atoms with van der Waals surface area (Å²) >= 11 is 0. The van der Waals surface area contributed by atoms with Gasteiger partial charge in [0.15, 0.2) is 0 Å².